The Morgan fingerprint density at radius 1 is 1.10 bits per heavy atom. The fourth-order valence-electron chi connectivity index (χ4n) is 2.88. The monoisotopic (exact) mass is 438 g/mol. The molecule has 1 aromatic heterocycles. The van der Waals surface area contributed by atoms with Crippen LogP contribution in [0.25, 0.3) is 11.3 Å². The zero-order chi connectivity index (χ0) is 22.4. The molecule has 7 nitrogen and oxygen atoms in total. The van der Waals surface area contributed by atoms with Gasteiger partial charge in [-0.3, -0.25) is 4.79 Å². The van der Waals surface area contributed by atoms with E-state index >= 15 is 0 Å². The Bertz CT molecular complexity index is 1030. The Kier molecular flexibility index (Phi) is 6.91. The third-order valence-electron chi connectivity index (χ3n) is 4.26. The van der Waals surface area contributed by atoms with Crippen LogP contribution in [0.3, 0.4) is 0 Å². The summed E-state index contributed by atoms with van der Waals surface area (Å²) in [7, 11) is 0. The van der Waals surface area contributed by atoms with Gasteiger partial charge in [-0.2, -0.15) is 0 Å². The third kappa shape index (κ3) is 6.82. The van der Waals surface area contributed by atoms with Crippen molar-refractivity contribution in [3.05, 3.63) is 65.5 Å². The average molecular weight is 439 g/mol. The number of anilines is 2. The number of thiazole rings is 1. The van der Waals surface area contributed by atoms with Gasteiger partial charge in [0, 0.05) is 23.1 Å². The topological polar surface area (TPSA) is 106 Å². The number of hydrogen-bond donors (Lipinski definition) is 3. The molecule has 3 aromatic rings. The van der Waals surface area contributed by atoms with E-state index in [4.69, 9.17) is 10.5 Å². The van der Waals surface area contributed by atoms with Crippen LogP contribution in [0.15, 0.2) is 60.0 Å². The Hall–Kier alpha value is -3.39. The van der Waals surface area contributed by atoms with Gasteiger partial charge in [0.25, 0.3) is 0 Å². The molecule has 0 bridgehead atoms. The van der Waals surface area contributed by atoms with Gasteiger partial charge in [-0.1, -0.05) is 42.5 Å². The molecular weight excluding hydrogens is 412 g/mol. The van der Waals surface area contributed by atoms with E-state index < -0.39 is 17.7 Å². The first-order valence-electron chi connectivity index (χ1n) is 9.85. The number of benzene rings is 2. The number of nitrogens with two attached hydrogens (primary N) is 1. The minimum atomic E-state index is -0.796. The van der Waals surface area contributed by atoms with E-state index in [2.05, 4.69) is 15.6 Å². The summed E-state index contributed by atoms with van der Waals surface area (Å²) in [5.74, 6) is -0.333. The molecule has 0 radical (unpaired) electrons. The van der Waals surface area contributed by atoms with E-state index in [0.29, 0.717) is 17.2 Å². The smallest absolute Gasteiger partial charge is 0.408 e. The van der Waals surface area contributed by atoms with Crippen molar-refractivity contribution in [2.45, 2.75) is 38.8 Å². The normalized spacial score (nSPS) is 12.1. The van der Waals surface area contributed by atoms with Crippen LogP contribution in [0.4, 0.5) is 15.6 Å². The highest BCUT2D eigenvalue weighted by Crippen LogP contribution is 2.24. The van der Waals surface area contributed by atoms with Gasteiger partial charge in [-0.15, -0.1) is 11.3 Å². The van der Waals surface area contributed by atoms with E-state index in [1.807, 2.05) is 47.8 Å². The predicted molar refractivity (Wildman–Crippen MR) is 124 cm³/mol. The van der Waals surface area contributed by atoms with E-state index in [-0.39, 0.29) is 5.91 Å². The number of nitrogen functional groups attached to an aromatic ring is 1. The maximum atomic E-state index is 13.0. The van der Waals surface area contributed by atoms with Crippen molar-refractivity contribution in [3.63, 3.8) is 0 Å². The van der Waals surface area contributed by atoms with Crippen molar-refractivity contribution in [1.82, 2.24) is 10.3 Å². The van der Waals surface area contributed by atoms with Crippen molar-refractivity contribution < 1.29 is 14.3 Å². The summed E-state index contributed by atoms with van der Waals surface area (Å²) in [6.07, 6.45) is -0.303. The number of aromatic nitrogens is 1. The van der Waals surface area contributed by atoms with Crippen LogP contribution in [0.2, 0.25) is 0 Å². The Morgan fingerprint density at radius 3 is 2.35 bits per heavy atom. The van der Waals surface area contributed by atoms with Crippen LogP contribution >= 0.6 is 11.3 Å². The van der Waals surface area contributed by atoms with Crippen LogP contribution in [-0.2, 0) is 16.0 Å². The number of nitrogens with zero attached hydrogens (tertiary/aromatic N) is 1. The number of carbonyl (C=O) groups is 2. The second-order valence-corrected chi connectivity index (χ2v) is 8.92. The highest BCUT2D eigenvalue weighted by Gasteiger charge is 2.25. The molecule has 1 heterocycles. The van der Waals surface area contributed by atoms with Crippen molar-refractivity contribution in [2.75, 3.05) is 11.1 Å². The first-order valence-corrected chi connectivity index (χ1v) is 10.7. The molecule has 162 valence electrons. The van der Waals surface area contributed by atoms with Crippen LogP contribution < -0.4 is 16.4 Å². The van der Waals surface area contributed by atoms with Crippen molar-refractivity contribution in [1.29, 1.82) is 0 Å². The minimum Gasteiger partial charge on any atom is -0.444 e. The molecule has 0 spiro atoms. The number of alkyl carbamates (subject to hydrolysis) is 1. The molecule has 0 aliphatic carbocycles. The maximum Gasteiger partial charge on any atom is 0.408 e. The molecule has 4 N–H and O–H groups in total. The molecule has 2 amide bonds. The van der Waals surface area contributed by atoms with Crippen LogP contribution in [-0.4, -0.2) is 28.6 Å². The van der Waals surface area contributed by atoms with Crippen LogP contribution in [0, 0.1) is 0 Å². The SMILES string of the molecule is CC(C)(C)OC(=O)N[C@@H](Cc1ccccc1)C(=O)Nc1ccc(-c2csc(N)n2)cc1. The van der Waals surface area contributed by atoms with Gasteiger partial charge in [0.1, 0.15) is 11.6 Å². The highest BCUT2D eigenvalue weighted by atomic mass is 32.1. The summed E-state index contributed by atoms with van der Waals surface area (Å²) < 4.78 is 5.33. The molecule has 0 saturated carbocycles. The maximum absolute atomic E-state index is 13.0. The number of ether oxygens (including phenoxy) is 1. The summed E-state index contributed by atoms with van der Waals surface area (Å²) in [5.41, 5.74) is 8.26. The van der Waals surface area contributed by atoms with Gasteiger partial charge < -0.3 is 21.1 Å². The summed E-state index contributed by atoms with van der Waals surface area (Å²) in [4.78, 5) is 29.5. The first-order chi connectivity index (χ1) is 14.7. The zero-order valence-electron chi connectivity index (χ0n) is 17.7. The predicted octanol–water partition coefficient (Wildman–Crippen LogP) is 4.47. The lowest BCUT2D eigenvalue weighted by Crippen LogP contribution is -2.47. The number of hydrogen-bond acceptors (Lipinski definition) is 6. The molecule has 0 unspecified atom stereocenters. The second kappa shape index (κ2) is 9.61. The van der Waals surface area contributed by atoms with Crippen LogP contribution in [0.1, 0.15) is 26.3 Å². The lowest BCUT2D eigenvalue weighted by atomic mass is 10.1. The third-order valence-corrected chi connectivity index (χ3v) is 4.93. The van der Waals surface area contributed by atoms with E-state index in [1.165, 1.54) is 11.3 Å². The quantitative estimate of drug-likeness (QED) is 0.527. The fraction of sp³-hybridized carbons (Fsp3) is 0.261. The molecule has 1 atom stereocenters. The largest absolute Gasteiger partial charge is 0.444 e. The zero-order valence-corrected chi connectivity index (χ0v) is 18.5. The molecule has 0 saturated heterocycles. The van der Waals surface area contributed by atoms with Crippen molar-refractivity contribution in [2.24, 2.45) is 0 Å². The molecule has 3 rings (SSSR count). The highest BCUT2D eigenvalue weighted by molar-refractivity contribution is 7.13. The number of amides is 2. The Balaban J connectivity index is 1.71. The van der Waals surface area contributed by atoms with Gasteiger partial charge in [0.15, 0.2) is 5.13 Å². The Morgan fingerprint density at radius 2 is 1.77 bits per heavy atom. The summed E-state index contributed by atoms with van der Waals surface area (Å²) in [6, 6.07) is 16.0. The van der Waals surface area contributed by atoms with Gasteiger partial charge in [-0.05, 0) is 38.5 Å². The molecular formula is C23H26N4O3S. The van der Waals surface area contributed by atoms with Gasteiger partial charge in [0.05, 0.1) is 5.69 Å². The van der Waals surface area contributed by atoms with E-state index in [0.717, 1.165) is 16.8 Å². The van der Waals surface area contributed by atoms with Gasteiger partial charge >= 0.3 is 6.09 Å². The lowest BCUT2D eigenvalue weighted by Gasteiger charge is -2.23. The fourth-order valence-corrected chi connectivity index (χ4v) is 3.45. The van der Waals surface area contributed by atoms with Crippen molar-refractivity contribution >= 4 is 34.2 Å². The second-order valence-electron chi connectivity index (χ2n) is 8.03. The van der Waals surface area contributed by atoms with Crippen molar-refractivity contribution in [3.8, 4) is 11.3 Å². The molecule has 0 aliphatic heterocycles. The average Bonchev–Trinajstić information content (AvgIpc) is 3.14. The summed E-state index contributed by atoms with van der Waals surface area (Å²) in [6.45, 7) is 5.32. The number of nitrogens with one attached hydrogen (secondary N) is 2. The molecule has 0 aliphatic rings. The molecule has 0 fully saturated rings. The molecule has 2 aromatic carbocycles. The molecule has 31 heavy (non-hydrogen) atoms. The summed E-state index contributed by atoms with van der Waals surface area (Å²) in [5, 5.41) is 7.93. The summed E-state index contributed by atoms with van der Waals surface area (Å²) >= 11 is 1.37. The number of carbonyl (C=O) groups excluding carboxylic acids is 2. The van der Waals surface area contributed by atoms with E-state index in [9.17, 15) is 9.59 Å². The van der Waals surface area contributed by atoms with Gasteiger partial charge in [0.2, 0.25) is 5.91 Å². The molecule has 8 heteroatoms. The van der Waals surface area contributed by atoms with Crippen LogP contribution in [0.5, 0.6) is 0 Å². The standard InChI is InChI=1S/C23H26N4O3S/c1-23(2,3)30-22(29)27-18(13-15-7-5-4-6-8-15)20(28)25-17-11-9-16(10-12-17)19-14-31-21(24)26-19/h4-12,14,18H,13H2,1-3H3,(H2,24,26)(H,25,28)(H,27,29)/t18-/m0/s1. The minimum absolute atomic E-state index is 0.333. The first kappa shape index (κ1) is 22.3. The Labute approximate surface area is 185 Å². The number of rotatable bonds is 6. The van der Waals surface area contributed by atoms with E-state index in [1.54, 1.807) is 32.9 Å². The lowest BCUT2D eigenvalue weighted by molar-refractivity contribution is -0.118. The van der Waals surface area contributed by atoms with Gasteiger partial charge in [-0.25, -0.2) is 9.78 Å².